The second kappa shape index (κ2) is 4.58. The zero-order valence-corrected chi connectivity index (χ0v) is 8.71. The van der Waals surface area contributed by atoms with Gasteiger partial charge >= 0.3 is 5.97 Å². The molecule has 14 heavy (non-hydrogen) atoms. The number of rotatable bonds is 4. The first kappa shape index (κ1) is 11.2. The summed E-state index contributed by atoms with van der Waals surface area (Å²) in [4.78, 5) is 22.2. The molecule has 0 radical (unpaired) electrons. The summed E-state index contributed by atoms with van der Waals surface area (Å²) in [5, 5.41) is 9.19. The highest BCUT2D eigenvalue weighted by Gasteiger charge is 2.40. The lowest BCUT2D eigenvalue weighted by atomic mass is 9.70. The average Bonchev–Trinajstić information content (AvgIpc) is 2.17. The van der Waals surface area contributed by atoms with Crippen LogP contribution in [-0.2, 0) is 9.59 Å². The minimum atomic E-state index is -0.710. The normalized spacial score (nSPS) is 20.8. The molecule has 1 rings (SSSR count). The lowest BCUT2D eigenvalue weighted by Crippen LogP contribution is -2.35. The Morgan fingerprint density at radius 1 is 1.43 bits per heavy atom. The Hall–Kier alpha value is -0.860. The summed E-state index contributed by atoms with van der Waals surface area (Å²) in [6.45, 7) is 2.06. The Bertz CT molecular complexity index is 223. The van der Waals surface area contributed by atoms with Crippen LogP contribution in [0.15, 0.2) is 0 Å². The molecule has 0 amide bonds. The van der Waals surface area contributed by atoms with Crippen molar-refractivity contribution in [3.05, 3.63) is 0 Å². The Balaban J connectivity index is 2.63. The molecule has 1 aliphatic carbocycles. The molecule has 0 spiro atoms. The van der Waals surface area contributed by atoms with Gasteiger partial charge in [-0.1, -0.05) is 19.8 Å². The molecular formula is C11H18O3. The summed E-state index contributed by atoms with van der Waals surface area (Å²) in [5.41, 5.74) is -0.593. The number of carbonyl (C=O) groups is 2. The van der Waals surface area contributed by atoms with E-state index >= 15 is 0 Å². The number of unbranched alkanes of at least 4 members (excludes halogenated alkanes) is 1. The molecule has 80 valence electrons. The zero-order valence-electron chi connectivity index (χ0n) is 8.71. The van der Waals surface area contributed by atoms with Crippen LogP contribution < -0.4 is 0 Å². The quantitative estimate of drug-likeness (QED) is 0.754. The summed E-state index contributed by atoms with van der Waals surface area (Å²) in [5.74, 6) is -0.489. The molecule has 0 unspecified atom stereocenters. The molecule has 1 N–H and O–H groups in total. The molecule has 0 aromatic heterocycles. The van der Waals surface area contributed by atoms with E-state index in [2.05, 4.69) is 6.92 Å². The van der Waals surface area contributed by atoms with Gasteiger partial charge < -0.3 is 5.11 Å². The molecular weight excluding hydrogens is 180 g/mol. The maximum atomic E-state index is 11.2. The predicted octanol–water partition coefficient (Wildman–Crippen LogP) is 2.39. The topological polar surface area (TPSA) is 54.4 Å². The van der Waals surface area contributed by atoms with E-state index in [1.165, 1.54) is 0 Å². The van der Waals surface area contributed by atoms with Gasteiger partial charge in [0, 0.05) is 12.8 Å². The van der Waals surface area contributed by atoms with Crippen LogP contribution in [-0.4, -0.2) is 16.9 Å². The Morgan fingerprint density at radius 2 is 2.00 bits per heavy atom. The van der Waals surface area contributed by atoms with Crippen LogP contribution in [0.2, 0.25) is 0 Å². The fraction of sp³-hybridized carbons (Fsp3) is 0.818. The Kier molecular flexibility index (Phi) is 3.67. The van der Waals surface area contributed by atoms with Crippen LogP contribution in [0.3, 0.4) is 0 Å². The molecule has 0 bridgehead atoms. The number of carboxylic acids is 1. The third-order valence-corrected chi connectivity index (χ3v) is 3.23. The highest BCUT2D eigenvalue weighted by Crippen LogP contribution is 2.39. The molecule has 0 saturated heterocycles. The van der Waals surface area contributed by atoms with Crippen molar-refractivity contribution in [3.8, 4) is 0 Å². The maximum absolute atomic E-state index is 11.2. The van der Waals surface area contributed by atoms with Crippen molar-refractivity contribution in [2.45, 2.75) is 51.9 Å². The average molecular weight is 198 g/mol. The van der Waals surface area contributed by atoms with Crippen molar-refractivity contribution in [2.24, 2.45) is 5.41 Å². The van der Waals surface area contributed by atoms with Gasteiger partial charge in [0.05, 0.1) is 5.41 Å². The van der Waals surface area contributed by atoms with E-state index < -0.39 is 11.4 Å². The molecule has 3 heteroatoms. The van der Waals surface area contributed by atoms with Crippen molar-refractivity contribution in [1.29, 1.82) is 0 Å². The van der Waals surface area contributed by atoms with E-state index in [0.29, 0.717) is 25.7 Å². The maximum Gasteiger partial charge on any atom is 0.309 e. The number of carbonyl (C=O) groups excluding carboxylic acids is 1. The van der Waals surface area contributed by atoms with Crippen molar-refractivity contribution in [1.82, 2.24) is 0 Å². The zero-order chi connectivity index (χ0) is 10.6. The fourth-order valence-electron chi connectivity index (χ4n) is 2.09. The van der Waals surface area contributed by atoms with Crippen LogP contribution in [0.5, 0.6) is 0 Å². The SMILES string of the molecule is CCCCC1(C(=O)O)CCC(=O)CC1. The number of carboxylic acid groups (broad SMARTS) is 1. The highest BCUT2D eigenvalue weighted by molar-refractivity contribution is 5.83. The van der Waals surface area contributed by atoms with Crippen molar-refractivity contribution in [2.75, 3.05) is 0 Å². The van der Waals surface area contributed by atoms with Gasteiger partial charge in [0.25, 0.3) is 0 Å². The Labute approximate surface area is 84.5 Å². The van der Waals surface area contributed by atoms with Gasteiger partial charge in [0.15, 0.2) is 0 Å². The predicted molar refractivity (Wildman–Crippen MR) is 53.1 cm³/mol. The largest absolute Gasteiger partial charge is 0.481 e. The second-order valence-corrected chi connectivity index (χ2v) is 4.23. The van der Waals surface area contributed by atoms with Gasteiger partial charge in [-0.3, -0.25) is 9.59 Å². The monoisotopic (exact) mass is 198 g/mol. The van der Waals surface area contributed by atoms with Crippen molar-refractivity contribution in [3.63, 3.8) is 0 Å². The third-order valence-electron chi connectivity index (χ3n) is 3.23. The van der Waals surface area contributed by atoms with E-state index in [9.17, 15) is 14.7 Å². The van der Waals surface area contributed by atoms with Gasteiger partial charge in [-0.05, 0) is 19.3 Å². The van der Waals surface area contributed by atoms with Crippen molar-refractivity contribution >= 4 is 11.8 Å². The minimum absolute atomic E-state index is 0.221. The van der Waals surface area contributed by atoms with E-state index in [4.69, 9.17) is 0 Å². The second-order valence-electron chi connectivity index (χ2n) is 4.23. The molecule has 1 saturated carbocycles. The smallest absolute Gasteiger partial charge is 0.309 e. The van der Waals surface area contributed by atoms with Gasteiger partial charge in [-0.25, -0.2) is 0 Å². The van der Waals surface area contributed by atoms with Gasteiger partial charge in [0.1, 0.15) is 5.78 Å². The number of hydrogen-bond acceptors (Lipinski definition) is 2. The molecule has 0 aromatic carbocycles. The van der Waals surface area contributed by atoms with Crippen molar-refractivity contribution < 1.29 is 14.7 Å². The molecule has 1 aliphatic rings. The highest BCUT2D eigenvalue weighted by atomic mass is 16.4. The van der Waals surface area contributed by atoms with Crippen LogP contribution in [0.25, 0.3) is 0 Å². The van der Waals surface area contributed by atoms with E-state index in [0.717, 1.165) is 19.3 Å². The number of ketones is 1. The first-order valence-corrected chi connectivity index (χ1v) is 5.36. The summed E-state index contributed by atoms with van der Waals surface area (Å²) in [6, 6.07) is 0. The Morgan fingerprint density at radius 3 is 2.43 bits per heavy atom. The number of Topliss-reactive ketones (excluding diaryl/α,β-unsaturated/α-hetero) is 1. The van der Waals surface area contributed by atoms with Crippen LogP contribution in [0.4, 0.5) is 0 Å². The van der Waals surface area contributed by atoms with Gasteiger partial charge in [0.2, 0.25) is 0 Å². The lowest BCUT2D eigenvalue weighted by molar-refractivity contribution is -0.152. The third kappa shape index (κ3) is 2.34. The molecule has 0 heterocycles. The van der Waals surface area contributed by atoms with E-state index in [1.807, 2.05) is 0 Å². The summed E-state index contributed by atoms with van der Waals surface area (Å²) in [7, 11) is 0. The van der Waals surface area contributed by atoms with Crippen LogP contribution >= 0.6 is 0 Å². The summed E-state index contributed by atoms with van der Waals surface area (Å²) < 4.78 is 0. The molecule has 0 aromatic rings. The van der Waals surface area contributed by atoms with E-state index in [-0.39, 0.29) is 5.78 Å². The van der Waals surface area contributed by atoms with E-state index in [1.54, 1.807) is 0 Å². The molecule has 0 aliphatic heterocycles. The van der Waals surface area contributed by atoms with Gasteiger partial charge in [-0.15, -0.1) is 0 Å². The van der Waals surface area contributed by atoms with Crippen LogP contribution in [0, 0.1) is 5.41 Å². The standard InChI is InChI=1S/C11H18O3/c1-2-3-6-11(10(13)14)7-4-9(12)5-8-11/h2-8H2,1H3,(H,13,14). The number of hydrogen-bond donors (Lipinski definition) is 1. The first-order chi connectivity index (χ1) is 6.60. The minimum Gasteiger partial charge on any atom is -0.481 e. The summed E-state index contributed by atoms with van der Waals surface area (Å²) in [6.07, 6.45) is 4.68. The molecule has 1 fully saturated rings. The summed E-state index contributed by atoms with van der Waals surface area (Å²) >= 11 is 0. The molecule has 3 nitrogen and oxygen atoms in total. The first-order valence-electron chi connectivity index (χ1n) is 5.36. The number of aliphatic carboxylic acids is 1. The van der Waals surface area contributed by atoms with Crippen LogP contribution in [0.1, 0.15) is 51.9 Å². The lowest BCUT2D eigenvalue weighted by Gasteiger charge is -2.32. The fourth-order valence-corrected chi connectivity index (χ4v) is 2.09. The molecule has 0 atom stereocenters. The van der Waals surface area contributed by atoms with Gasteiger partial charge in [-0.2, -0.15) is 0 Å².